The molecule has 0 aliphatic carbocycles. The summed E-state index contributed by atoms with van der Waals surface area (Å²) in [5, 5.41) is 0. The van der Waals surface area contributed by atoms with E-state index in [2.05, 4.69) is 11.1 Å². The first kappa shape index (κ1) is 10.0. The second-order valence-electron chi connectivity index (χ2n) is 2.32. The smallest absolute Gasteiger partial charge is 0.00538 e. The minimum Gasteiger partial charge on any atom is -0.350 e. The van der Waals surface area contributed by atoms with Crippen molar-refractivity contribution in [1.29, 1.82) is 0 Å². The van der Waals surface area contributed by atoms with Gasteiger partial charge in [0.2, 0.25) is 0 Å². The average Bonchev–Trinajstić information content (AvgIpc) is 2.58. The third-order valence-corrected chi connectivity index (χ3v) is 2.58. The van der Waals surface area contributed by atoms with Crippen molar-refractivity contribution >= 4 is 16.7 Å². The van der Waals surface area contributed by atoms with Gasteiger partial charge in [0, 0.05) is 27.3 Å². The molecule has 0 saturated carbocycles. The van der Waals surface area contributed by atoms with E-state index in [0.717, 1.165) is 17.9 Å². The van der Waals surface area contributed by atoms with Crippen LogP contribution in [0.5, 0.6) is 0 Å². The molecule has 12 heavy (non-hydrogen) atoms. The third kappa shape index (κ3) is 2.21. The number of allylic oxidation sites excluding steroid dienone is 1. The number of aromatic nitrogens is 1. The number of nitrogens with zero attached hydrogens (tertiary/aromatic N) is 1. The molecule has 3 heteroatoms. The van der Waals surface area contributed by atoms with Gasteiger partial charge in [-0.1, -0.05) is 11.8 Å². The molecule has 0 radical (unpaired) electrons. The molecule has 66 valence electrons. The number of pyridine rings is 1. The Labute approximate surface area is 90.9 Å². The quantitative estimate of drug-likeness (QED) is 0.716. The molecule has 1 aromatic heterocycles. The van der Waals surface area contributed by atoms with Crippen molar-refractivity contribution in [2.45, 2.75) is 6.42 Å². The van der Waals surface area contributed by atoms with Crippen LogP contribution in [0.1, 0.15) is 12.1 Å². The number of hydrogen-bond donors (Lipinski definition) is 0. The zero-order valence-corrected chi connectivity index (χ0v) is 9.48. The van der Waals surface area contributed by atoms with Crippen LogP contribution in [0.4, 0.5) is 0 Å². The van der Waals surface area contributed by atoms with E-state index in [1.54, 1.807) is 0 Å². The molecule has 0 aromatic carbocycles. The van der Waals surface area contributed by atoms with E-state index >= 15 is 0 Å². The van der Waals surface area contributed by atoms with Crippen molar-refractivity contribution in [2.24, 2.45) is 0 Å². The minimum atomic E-state index is 0. The molecule has 2 heterocycles. The Balaban J connectivity index is 0.000000720. The van der Waals surface area contributed by atoms with Gasteiger partial charge in [0.25, 0.3) is 0 Å². The second kappa shape index (κ2) is 4.83. The molecular weight excluding hydrogens is 349 g/mol. The van der Waals surface area contributed by atoms with Crippen LogP contribution in [0.2, 0.25) is 0 Å². The van der Waals surface area contributed by atoms with E-state index in [9.17, 15) is 0 Å². The normalized spacial score (nSPS) is 15.2. The zero-order valence-electron chi connectivity index (χ0n) is 6.40. The maximum atomic E-state index is 4.24. The van der Waals surface area contributed by atoms with E-state index in [4.69, 9.17) is 0 Å². The molecule has 0 amide bonds. The monoisotopic (exact) mass is 357 g/mol. The number of hydrogen-bond acceptors (Lipinski definition) is 2. The van der Waals surface area contributed by atoms with Crippen molar-refractivity contribution in [2.75, 3.05) is 5.75 Å². The van der Waals surface area contributed by atoms with Crippen molar-refractivity contribution in [1.82, 2.24) is 4.98 Å². The predicted octanol–water partition coefficient (Wildman–Crippen LogP) is 2.36. The fourth-order valence-electron chi connectivity index (χ4n) is 1.03. The summed E-state index contributed by atoms with van der Waals surface area (Å²) in [6.07, 6.45) is 6.18. The van der Waals surface area contributed by atoms with E-state index in [1.807, 2.05) is 36.2 Å². The molecule has 0 spiro atoms. The Hall–Kier alpha value is -0.0717. The number of thioether (sulfide) groups is 1. The molecule has 1 nitrogen and oxygen atoms in total. The first-order valence-electron chi connectivity index (χ1n) is 3.62. The molecule has 1 aliphatic heterocycles. The van der Waals surface area contributed by atoms with Crippen LogP contribution in [-0.2, 0) is 21.1 Å². The molecule has 0 N–H and O–H groups in total. The van der Waals surface area contributed by atoms with Gasteiger partial charge in [-0.15, -0.1) is 17.4 Å². The van der Waals surface area contributed by atoms with Gasteiger partial charge in [-0.05, 0) is 11.8 Å². The molecule has 0 bridgehead atoms. The third-order valence-electron chi connectivity index (χ3n) is 1.53. The summed E-state index contributed by atoms with van der Waals surface area (Å²) >= 11 is 1.84. The molecule has 0 saturated heterocycles. The first-order chi connectivity index (χ1) is 5.47. The Morgan fingerprint density at radius 2 is 2.33 bits per heavy atom. The van der Waals surface area contributed by atoms with Crippen molar-refractivity contribution < 1.29 is 21.1 Å². The summed E-state index contributed by atoms with van der Waals surface area (Å²) in [4.78, 5) is 5.45. The Morgan fingerprint density at radius 3 is 2.92 bits per heavy atom. The van der Waals surface area contributed by atoms with Gasteiger partial charge in [0.05, 0.1) is 0 Å². The molecule has 0 unspecified atom stereocenters. The molecule has 1 aromatic rings. The van der Waals surface area contributed by atoms with Crippen molar-refractivity contribution in [3.05, 3.63) is 36.2 Å². The summed E-state index contributed by atoms with van der Waals surface area (Å²) in [7, 11) is 0. The summed E-state index contributed by atoms with van der Waals surface area (Å²) < 4.78 is 0. The van der Waals surface area contributed by atoms with Gasteiger partial charge < -0.3 is 4.98 Å². The summed E-state index contributed by atoms with van der Waals surface area (Å²) in [5.74, 6) is 1.16. The topological polar surface area (TPSA) is 12.9 Å². The molecule has 1 aliphatic rings. The van der Waals surface area contributed by atoms with Crippen molar-refractivity contribution in [3.8, 4) is 0 Å². The van der Waals surface area contributed by atoms with Crippen LogP contribution in [0, 0.1) is 6.08 Å². The maximum absolute atomic E-state index is 4.24. The summed E-state index contributed by atoms with van der Waals surface area (Å²) in [6, 6.07) is 5.97. The minimum absolute atomic E-state index is 0. The van der Waals surface area contributed by atoms with Crippen LogP contribution in [0.25, 0.3) is 4.91 Å². The van der Waals surface area contributed by atoms with E-state index in [0.29, 0.717) is 0 Å². The SMILES string of the molecule is [C-]1=C(c2ccccn2)SCC1.[Pt]. The maximum Gasteiger partial charge on any atom is 0.00538 e. The standard InChI is InChI=1S/C9H8NS.Pt/c1-2-6-10-8(4-1)9-5-3-7-11-9;/h1-2,4,6H,3,7H2;/q-1;. The van der Waals surface area contributed by atoms with Crippen LogP contribution >= 0.6 is 11.8 Å². The predicted molar refractivity (Wildman–Crippen MR) is 48.0 cm³/mol. The number of rotatable bonds is 1. The van der Waals surface area contributed by atoms with E-state index in [1.165, 1.54) is 4.91 Å². The fraction of sp³-hybridized carbons (Fsp3) is 0.222. The Bertz CT molecular complexity index is 271. The Kier molecular flexibility index (Phi) is 4.03. The second-order valence-corrected chi connectivity index (χ2v) is 3.42. The van der Waals surface area contributed by atoms with Gasteiger partial charge >= 0.3 is 0 Å². The average molecular weight is 357 g/mol. The zero-order chi connectivity index (χ0) is 7.52. The largest absolute Gasteiger partial charge is 0.350 e. The van der Waals surface area contributed by atoms with Gasteiger partial charge in [-0.2, -0.15) is 11.8 Å². The first-order valence-corrected chi connectivity index (χ1v) is 4.60. The summed E-state index contributed by atoms with van der Waals surface area (Å²) in [6.45, 7) is 0. The Morgan fingerprint density at radius 1 is 1.42 bits per heavy atom. The summed E-state index contributed by atoms with van der Waals surface area (Å²) in [5.41, 5.74) is 1.06. The van der Waals surface area contributed by atoms with Crippen LogP contribution in [0.3, 0.4) is 0 Å². The van der Waals surface area contributed by atoms with Gasteiger partial charge in [0.1, 0.15) is 0 Å². The van der Waals surface area contributed by atoms with E-state index < -0.39 is 0 Å². The van der Waals surface area contributed by atoms with Crippen molar-refractivity contribution in [3.63, 3.8) is 0 Å². The van der Waals surface area contributed by atoms with Crippen LogP contribution in [0.15, 0.2) is 24.4 Å². The molecule has 0 atom stereocenters. The molecule has 0 fully saturated rings. The van der Waals surface area contributed by atoms with E-state index in [-0.39, 0.29) is 21.1 Å². The van der Waals surface area contributed by atoms with Gasteiger partial charge in [-0.3, -0.25) is 6.08 Å². The van der Waals surface area contributed by atoms with Gasteiger partial charge in [-0.25, -0.2) is 0 Å². The molecule has 2 rings (SSSR count). The van der Waals surface area contributed by atoms with Crippen LogP contribution < -0.4 is 0 Å². The fourth-order valence-corrected chi connectivity index (χ4v) is 1.91. The molecular formula is C9H8NPtS-. The van der Waals surface area contributed by atoms with Gasteiger partial charge in [0.15, 0.2) is 0 Å². The van der Waals surface area contributed by atoms with Crippen LogP contribution in [-0.4, -0.2) is 10.7 Å².